The summed E-state index contributed by atoms with van der Waals surface area (Å²) < 4.78 is 0. The van der Waals surface area contributed by atoms with Gasteiger partial charge >= 0.3 is 0 Å². The fourth-order valence-electron chi connectivity index (χ4n) is 3.63. The Morgan fingerprint density at radius 1 is 1.15 bits per heavy atom. The number of aryl methyl sites for hydroxylation is 1. The van der Waals surface area contributed by atoms with E-state index in [2.05, 4.69) is 60.0 Å². The summed E-state index contributed by atoms with van der Waals surface area (Å²) in [5.41, 5.74) is 4.97. The lowest BCUT2D eigenvalue weighted by Crippen LogP contribution is -2.41. The second-order valence-corrected chi connectivity index (χ2v) is 7.78. The Labute approximate surface area is 157 Å². The summed E-state index contributed by atoms with van der Waals surface area (Å²) in [5, 5.41) is 9.84. The van der Waals surface area contributed by atoms with E-state index in [0.29, 0.717) is 5.92 Å². The largest absolute Gasteiger partial charge is 0.394 e. The van der Waals surface area contributed by atoms with Crippen molar-refractivity contribution in [3.8, 4) is 0 Å². The highest BCUT2D eigenvalue weighted by atomic mass is 16.3. The zero-order chi connectivity index (χ0) is 18.7. The Morgan fingerprint density at radius 2 is 1.88 bits per heavy atom. The quantitative estimate of drug-likeness (QED) is 0.909. The van der Waals surface area contributed by atoms with Crippen molar-refractivity contribution in [2.24, 2.45) is 0 Å². The standard InChI is InChI=1S/C22H31N3O/c1-16(2)19-9-6-18(7-10-19)13-25-12-11-21(15-26)24(4)22-20(14-25)8-5-17(3)23-22/h5-10,16,21,26H,11-15H2,1-4H3/t21-/m0/s1. The van der Waals surface area contributed by atoms with Crippen molar-refractivity contribution in [1.29, 1.82) is 0 Å². The molecule has 0 saturated heterocycles. The Hall–Kier alpha value is -1.91. The van der Waals surface area contributed by atoms with E-state index in [1.807, 2.05) is 14.0 Å². The van der Waals surface area contributed by atoms with Gasteiger partial charge < -0.3 is 10.0 Å². The van der Waals surface area contributed by atoms with Gasteiger partial charge in [0.2, 0.25) is 0 Å². The van der Waals surface area contributed by atoms with Crippen LogP contribution >= 0.6 is 0 Å². The van der Waals surface area contributed by atoms with Gasteiger partial charge in [0.1, 0.15) is 5.82 Å². The normalized spacial score (nSPS) is 18.5. The van der Waals surface area contributed by atoms with Crippen molar-refractivity contribution in [2.75, 3.05) is 25.1 Å². The predicted octanol–water partition coefficient (Wildman–Crippen LogP) is 3.72. The van der Waals surface area contributed by atoms with Gasteiger partial charge in [-0.25, -0.2) is 4.98 Å². The number of hydrogen-bond acceptors (Lipinski definition) is 4. The number of aromatic nitrogens is 1. The van der Waals surface area contributed by atoms with E-state index in [-0.39, 0.29) is 12.6 Å². The minimum Gasteiger partial charge on any atom is -0.394 e. The zero-order valence-electron chi connectivity index (χ0n) is 16.4. The first-order valence-corrected chi connectivity index (χ1v) is 9.59. The molecule has 1 aromatic carbocycles. The van der Waals surface area contributed by atoms with Gasteiger partial charge in [0.25, 0.3) is 0 Å². The van der Waals surface area contributed by atoms with Crippen molar-refractivity contribution in [3.05, 3.63) is 58.8 Å². The Kier molecular flexibility index (Phi) is 5.94. The molecule has 3 rings (SSSR count). The summed E-state index contributed by atoms with van der Waals surface area (Å²) in [6.45, 7) is 9.41. The van der Waals surface area contributed by atoms with Crippen LogP contribution in [0.1, 0.15) is 48.6 Å². The van der Waals surface area contributed by atoms with Gasteiger partial charge in [-0.2, -0.15) is 0 Å². The summed E-state index contributed by atoms with van der Waals surface area (Å²) in [6.07, 6.45) is 0.937. The fourth-order valence-corrected chi connectivity index (χ4v) is 3.63. The Morgan fingerprint density at radius 3 is 2.54 bits per heavy atom. The number of nitrogens with zero attached hydrogens (tertiary/aromatic N) is 3. The van der Waals surface area contributed by atoms with Gasteiger partial charge in [0, 0.05) is 37.9 Å². The SMILES string of the molecule is Cc1ccc2c(n1)N(C)[C@H](CO)CCN(Cc1ccc(C(C)C)cc1)C2. The van der Waals surface area contributed by atoms with Gasteiger partial charge in [0.15, 0.2) is 0 Å². The van der Waals surface area contributed by atoms with Crippen LogP contribution in [0.25, 0.3) is 0 Å². The van der Waals surface area contributed by atoms with Crippen LogP contribution in [0.3, 0.4) is 0 Å². The summed E-state index contributed by atoms with van der Waals surface area (Å²) >= 11 is 0. The molecule has 4 nitrogen and oxygen atoms in total. The van der Waals surface area contributed by atoms with Crippen LogP contribution in [0.4, 0.5) is 5.82 Å². The molecule has 0 fully saturated rings. The highest BCUT2D eigenvalue weighted by Gasteiger charge is 2.24. The van der Waals surface area contributed by atoms with E-state index >= 15 is 0 Å². The van der Waals surface area contributed by atoms with Crippen LogP contribution in [0.5, 0.6) is 0 Å². The van der Waals surface area contributed by atoms with E-state index in [4.69, 9.17) is 4.98 Å². The molecule has 0 radical (unpaired) electrons. The van der Waals surface area contributed by atoms with Crippen molar-refractivity contribution < 1.29 is 5.11 Å². The molecule has 0 bridgehead atoms. The number of anilines is 1. The monoisotopic (exact) mass is 353 g/mol. The summed E-state index contributed by atoms with van der Waals surface area (Å²) in [4.78, 5) is 9.37. The van der Waals surface area contributed by atoms with E-state index in [1.165, 1.54) is 16.7 Å². The van der Waals surface area contributed by atoms with Gasteiger partial charge in [-0.3, -0.25) is 4.90 Å². The lowest BCUT2D eigenvalue weighted by Gasteiger charge is -2.35. The molecule has 1 atom stereocenters. The molecular formula is C22H31N3O. The number of likely N-dealkylation sites (N-methyl/N-ethyl adjacent to an activating group) is 1. The summed E-state index contributed by atoms with van der Waals surface area (Å²) in [6, 6.07) is 13.4. The first kappa shape index (κ1) is 18.9. The first-order chi connectivity index (χ1) is 12.5. The van der Waals surface area contributed by atoms with Gasteiger partial charge in [-0.05, 0) is 36.5 Å². The van der Waals surface area contributed by atoms with E-state index < -0.39 is 0 Å². The molecular weight excluding hydrogens is 322 g/mol. The molecule has 0 spiro atoms. The number of fused-ring (bicyclic) bond motifs is 1. The smallest absolute Gasteiger partial charge is 0.133 e. The van der Waals surface area contributed by atoms with E-state index in [9.17, 15) is 5.11 Å². The molecule has 140 valence electrons. The number of pyridine rings is 1. The molecule has 1 N–H and O–H groups in total. The second-order valence-electron chi connectivity index (χ2n) is 7.78. The molecule has 1 aliphatic rings. The maximum atomic E-state index is 9.84. The molecule has 0 amide bonds. The summed E-state index contributed by atoms with van der Waals surface area (Å²) in [5.74, 6) is 1.57. The Bertz CT molecular complexity index is 727. The van der Waals surface area contributed by atoms with Crippen LogP contribution in [-0.4, -0.2) is 41.2 Å². The molecule has 2 aromatic rings. The molecule has 2 heterocycles. The van der Waals surface area contributed by atoms with E-state index in [1.54, 1.807) is 0 Å². The van der Waals surface area contributed by atoms with Crippen molar-refractivity contribution >= 4 is 5.82 Å². The molecule has 26 heavy (non-hydrogen) atoms. The first-order valence-electron chi connectivity index (χ1n) is 9.59. The lowest BCUT2D eigenvalue weighted by atomic mass is 10.0. The third-order valence-electron chi connectivity index (χ3n) is 5.41. The van der Waals surface area contributed by atoms with Crippen LogP contribution in [-0.2, 0) is 13.1 Å². The van der Waals surface area contributed by atoms with Crippen LogP contribution < -0.4 is 4.90 Å². The van der Waals surface area contributed by atoms with Gasteiger partial charge in [0.05, 0.1) is 12.6 Å². The third kappa shape index (κ3) is 4.25. The molecule has 1 aliphatic heterocycles. The predicted molar refractivity (Wildman–Crippen MR) is 108 cm³/mol. The average Bonchev–Trinajstić information content (AvgIpc) is 2.62. The number of aliphatic hydroxyl groups excluding tert-OH is 1. The molecule has 4 heteroatoms. The summed E-state index contributed by atoms with van der Waals surface area (Å²) in [7, 11) is 2.05. The van der Waals surface area contributed by atoms with Crippen LogP contribution in [0.2, 0.25) is 0 Å². The van der Waals surface area contributed by atoms with E-state index in [0.717, 1.165) is 37.6 Å². The molecule has 0 aliphatic carbocycles. The van der Waals surface area contributed by atoms with Crippen molar-refractivity contribution in [1.82, 2.24) is 9.88 Å². The zero-order valence-corrected chi connectivity index (χ0v) is 16.4. The van der Waals surface area contributed by atoms with Crippen molar-refractivity contribution in [2.45, 2.75) is 52.2 Å². The lowest BCUT2D eigenvalue weighted by molar-refractivity contribution is 0.205. The van der Waals surface area contributed by atoms with Gasteiger partial charge in [-0.15, -0.1) is 0 Å². The second kappa shape index (κ2) is 8.19. The topological polar surface area (TPSA) is 39.6 Å². The fraction of sp³-hybridized carbons (Fsp3) is 0.500. The minimum atomic E-state index is 0.106. The number of rotatable bonds is 4. The number of hydrogen-bond donors (Lipinski definition) is 1. The highest BCUT2D eigenvalue weighted by Crippen LogP contribution is 2.26. The van der Waals surface area contributed by atoms with Crippen LogP contribution in [0, 0.1) is 6.92 Å². The molecule has 0 saturated carbocycles. The Balaban J connectivity index is 1.82. The van der Waals surface area contributed by atoms with Gasteiger partial charge in [-0.1, -0.05) is 44.2 Å². The van der Waals surface area contributed by atoms with Crippen molar-refractivity contribution in [3.63, 3.8) is 0 Å². The minimum absolute atomic E-state index is 0.106. The maximum absolute atomic E-state index is 9.84. The molecule has 0 unspecified atom stereocenters. The third-order valence-corrected chi connectivity index (χ3v) is 5.41. The average molecular weight is 354 g/mol. The van der Waals surface area contributed by atoms with Crippen LogP contribution in [0.15, 0.2) is 36.4 Å². The highest BCUT2D eigenvalue weighted by molar-refractivity contribution is 5.48. The molecule has 1 aromatic heterocycles. The number of benzene rings is 1. The maximum Gasteiger partial charge on any atom is 0.133 e. The number of aliphatic hydroxyl groups is 1.